The zero-order valence-corrected chi connectivity index (χ0v) is 18.0. The predicted octanol–water partition coefficient (Wildman–Crippen LogP) is 5.41. The number of hydrogen-bond donors (Lipinski definition) is 0. The highest BCUT2D eigenvalue weighted by molar-refractivity contribution is 6.31. The van der Waals surface area contributed by atoms with Crippen LogP contribution in [0.3, 0.4) is 0 Å². The number of halogens is 1. The van der Waals surface area contributed by atoms with Gasteiger partial charge in [-0.1, -0.05) is 23.7 Å². The summed E-state index contributed by atoms with van der Waals surface area (Å²) in [4.78, 5) is 12.9. The molecule has 0 saturated heterocycles. The summed E-state index contributed by atoms with van der Waals surface area (Å²) >= 11 is 6.23. The molecule has 162 valence electrons. The van der Waals surface area contributed by atoms with Crippen molar-refractivity contribution in [1.29, 1.82) is 0 Å². The number of Topliss-reactive ketones (excluding diaryl/α,β-unsaturated/α-hetero) is 1. The van der Waals surface area contributed by atoms with Crippen molar-refractivity contribution in [3.05, 3.63) is 87.6 Å². The Balaban J connectivity index is 1.35. The van der Waals surface area contributed by atoms with Crippen molar-refractivity contribution in [2.75, 3.05) is 13.9 Å². The van der Waals surface area contributed by atoms with Gasteiger partial charge >= 0.3 is 0 Å². The highest BCUT2D eigenvalue weighted by atomic mass is 35.5. The van der Waals surface area contributed by atoms with Gasteiger partial charge in [-0.15, -0.1) is 0 Å². The van der Waals surface area contributed by atoms with E-state index in [9.17, 15) is 4.79 Å². The second kappa shape index (κ2) is 8.57. The van der Waals surface area contributed by atoms with Crippen molar-refractivity contribution in [3.8, 4) is 23.0 Å². The lowest BCUT2D eigenvalue weighted by Crippen LogP contribution is -2.12. The highest BCUT2D eigenvalue weighted by Gasteiger charge is 2.28. The van der Waals surface area contributed by atoms with Gasteiger partial charge in [-0.3, -0.25) is 4.79 Å². The summed E-state index contributed by atoms with van der Waals surface area (Å²) in [5.74, 6) is 2.48. The molecule has 2 heterocycles. The molecule has 7 heteroatoms. The first-order chi connectivity index (χ1) is 15.6. The van der Waals surface area contributed by atoms with E-state index >= 15 is 0 Å². The van der Waals surface area contributed by atoms with Gasteiger partial charge in [-0.05, 0) is 48.0 Å². The van der Waals surface area contributed by atoms with Gasteiger partial charge in [0.2, 0.25) is 5.78 Å². The Morgan fingerprint density at radius 2 is 1.88 bits per heavy atom. The number of hydrogen-bond acceptors (Lipinski definition) is 6. The smallest absolute Gasteiger partial charge is 0.231 e. The van der Waals surface area contributed by atoms with Crippen LogP contribution in [0.2, 0.25) is 5.02 Å². The number of allylic oxidation sites excluding steroid dienone is 1. The van der Waals surface area contributed by atoms with Crippen LogP contribution in [-0.2, 0) is 18.0 Å². The maximum absolute atomic E-state index is 12.9. The van der Waals surface area contributed by atoms with Gasteiger partial charge in [0.15, 0.2) is 12.6 Å². The minimum Gasteiger partial charge on any atom is -0.497 e. The van der Waals surface area contributed by atoms with Crippen molar-refractivity contribution in [2.45, 2.75) is 13.2 Å². The minimum absolute atomic E-state index is 0.148. The number of fused-ring (bicyclic) bond motifs is 2. The number of rotatable bonds is 5. The number of methoxy groups -OCH3 is 1. The Kier molecular flexibility index (Phi) is 5.47. The topological polar surface area (TPSA) is 63.2 Å². The molecule has 0 radical (unpaired) electrons. The zero-order valence-electron chi connectivity index (χ0n) is 17.2. The first-order valence-corrected chi connectivity index (χ1v) is 10.4. The first kappa shape index (κ1) is 20.4. The van der Waals surface area contributed by atoms with Crippen molar-refractivity contribution < 1.29 is 28.5 Å². The Hall–Kier alpha value is -3.48. The summed E-state index contributed by atoms with van der Waals surface area (Å²) in [6, 6.07) is 16.3. The fourth-order valence-corrected chi connectivity index (χ4v) is 3.85. The normalized spacial score (nSPS) is 15.6. The van der Waals surface area contributed by atoms with Crippen LogP contribution in [0, 0.1) is 0 Å². The van der Waals surface area contributed by atoms with Crippen LogP contribution in [0.5, 0.6) is 23.0 Å². The molecule has 0 fully saturated rings. The van der Waals surface area contributed by atoms with Gasteiger partial charge in [0.05, 0.1) is 19.3 Å². The summed E-state index contributed by atoms with van der Waals surface area (Å²) in [5.41, 5.74) is 2.97. The Bertz CT molecular complexity index is 1220. The van der Waals surface area contributed by atoms with Crippen LogP contribution in [0.15, 0.2) is 60.4 Å². The third kappa shape index (κ3) is 4.02. The molecule has 2 aliphatic rings. The van der Waals surface area contributed by atoms with Crippen LogP contribution in [0.25, 0.3) is 6.08 Å². The lowest BCUT2D eigenvalue weighted by atomic mass is 10.1. The number of ketones is 1. The lowest BCUT2D eigenvalue weighted by Gasteiger charge is -2.20. The van der Waals surface area contributed by atoms with Crippen LogP contribution >= 0.6 is 11.6 Å². The van der Waals surface area contributed by atoms with Gasteiger partial charge in [-0.25, -0.2) is 0 Å². The largest absolute Gasteiger partial charge is 0.497 e. The molecule has 0 amide bonds. The highest BCUT2D eigenvalue weighted by Crippen LogP contribution is 2.38. The van der Waals surface area contributed by atoms with E-state index in [2.05, 4.69) is 0 Å². The van der Waals surface area contributed by atoms with E-state index in [4.69, 9.17) is 35.3 Å². The summed E-state index contributed by atoms with van der Waals surface area (Å²) in [5, 5.41) is 0.530. The molecule has 0 aliphatic carbocycles. The molecule has 32 heavy (non-hydrogen) atoms. The van der Waals surface area contributed by atoms with Crippen molar-refractivity contribution >= 4 is 23.5 Å². The van der Waals surface area contributed by atoms with Gasteiger partial charge in [-0.2, -0.15) is 0 Å². The standard InChI is InChI=1S/C25H19ClO6/c1-28-19-4-2-15(3-5-19)12-30-20-6-7-21-22(11-20)32-23(24(21)27)10-16-8-18(26)9-17-13-29-14-31-25(16)17/h2-11H,12-14H2,1H3. The van der Waals surface area contributed by atoms with E-state index in [1.54, 1.807) is 43.5 Å². The Labute approximate surface area is 189 Å². The number of carbonyl (C=O) groups is 1. The summed E-state index contributed by atoms with van der Waals surface area (Å²) < 4.78 is 27.8. The Morgan fingerprint density at radius 1 is 1.06 bits per heavy atom. The van der Waals surface area contributed by atoms with Gasteiger partial charge < -0.3 is 23.7 Å². The molecule has 3 aromatic carbocycles. The second-order valence-electron chi connectivity index (χ2n) is 7.33. The number of benzene rings is 3. The molecule has 0 spiro atoms. The van der Waals surface area contributed by atoms with Crippen molar-refractivity contribution in [2.24, 2.45) is 0 Å². The maximum atomic E-state index is 12.9. The van der Waals surface area contributed by atoms with Gasteiger partial charge in [0.1, 0.15) is 29.6 Å². The molecule has 3 aromatic rings. The van der Waals surface area contributed by atoms with E-state index in [1.165, 1.54) is 0 Å². The molecule has 0 bridgehead atoms. The quantitative estimate of drug-likeness (QED) is 0.484. The summed E-state index contributed by atoms with van der Waals surface area (Å²) in [7, 11) is 1.63. The van der Waals surface area contributed by atoms with Gasteiger partial charge in [0.25, 0.3) is 0 Å². The SMILES string of the molecule is COc1ccc(COc2ccc3c(c2)OC(=Cc2cc(Cl)cc4c2OCOC4)C3=O)cc1. The van der Waals surface area contributed by atoms with E-state index < -0.39 is 0 Å². The monoisotopic (exact) mass is 450 g/mol. The summed E-state index contributed by atoms with van der Waals surface area (Å²) in [6.45, 7) is 0.929. The fourth-order valence-electron chi connectivity index (χ4n) is 3.60. The van der Waals surface area contributed by atoms with E-state index in [0.717, 1.165) is 16.9 Å². The van der Waals surface area contributed by atoms with Crippen molar-refractivity contribution in [1.82, 2.24) is 0 Å². The molecule has 6 nitrogen and oxygen atoms in total. The first-order valence-electron chi connectivity index (χ1n) is 9.98. The van der Waals surface area contributed by atoms with Gasteiger partial charge in [0, 0.05) is 22.2 Å². The summed E-state index contributed by atoms with van der Waals surface area (Å²) in [6.07, 6.45) is 1.65. The molecule has 5 rings (SSSR count). The van der Waals surface area contributed by atoms with E-state index in [-0.39, 0.29) is 18.3 Å². The average Bonchev–Trinajstić information content (AvgIpc) is 3.12. The van der Waals surface area contributed by atoms with Crippen LogP contribution in [-0.4, -0.2) is 19.7 Å². The molecule has 0 atom stereocenters. The third-order valence-electron chi connectivity index (χ3n) is 5.20. The molecular weight excluding hydrogens is 432 g/mol. The Morgan fingerprint density at radius 3 is 2.69 bits per heavy atom. The molecule has 0 N–H and O–H groups in total. The second-order valence-corrected chi connectivity index (χ2v) is 7.76. The van der Waals surface area contributed by atoms with Crippen LogP contribution in [0.4, 0.5) is 0 Å². The zero-order chi connectivity index (χ0) is 22.1. The molecule has 2 aliphatic heterocycles. The molecule has 0 saturated carbocycles. The maximum Gasteiger partial charge on any atom is 0.231 e. The van der Waals surface area contributed by atoms with E-state index in [0.29, 0.717) is 46.6 Å². The fraction of sp³-hybridized carbons (Fsp3) is 0.160. The van der Waals surface area contributed by atoms with Crippen LogP contribution < -0.4 is 18.9 Å². The average molecular weight is 451 g/mol. The van der Waals surface area contributed by atoms with E-state index in [1.807, 2.05) is 24.3 Å². The number of ether oxygens (including phenoxy) is 5. The molecule has 0 aromatic heterocycles. The lowest BCUT2D eigenvalue weighted by molar-refractivity contribution is -0.0165. The molecule has 0 unspecified atom stereocenters. The minimum atomic E-state index is -0.206. The predicted molar refractivity (Wildman–Crippen MR) is 118 cm³/mol. The number of carbonyl (C=O) groups excluding carboxylic acids is 1. The molecular formula is C25H19ClO6. The van der Waals surface area contributed by atoms with Crippen LogP contribution in [0.1, 0.15) is 27.0 Å². The van der Waals surface area contributed by atoms with Crippen molar-refractivity contribution in [3.63, 3.8) is 0 Å². The third-order valence-corrected chi connectivity index (χ3v) is 5.41.